The van der Waals surface area contributed by atoms with Gasteiger partial charge in [0, 0.05) is 19.2 Å². The molecular weight excluding hydrogens is 256 g/mol. The first kappa shape index (κ1) is 16.3. The Bertz CT molecular complexity index is 441. The lowest BCUT2D eigenvalue weighted by Gasteiger charge is -2.25. The van der Waals surface area contributed by atoms with E-state index < -0.39 is 5.60 Å². The summed E-state index contributed by atoms with van der Waals surface area (Å²) < 4.78 is 5.51. The van der Waals surface area contributed by atoms with Gasteiger partial charge in [-0.3, -0.25) is 0 Å². The van der Waals surface area contributed by atoms with Gasteiger partial charge < -0.3 is 20.1 Å². The van der Waals surface area contributed by atoms with E-state index in [0.717, 1.165) is 11.3 Å². The molecule has 0 aromatic heterocycles. The van der Waals surface area contributed by atoms with Crippen LogP contribution in [0.3, 0.4) is 0 Å². The number of nitrogens with zero attached hydrogens (tertiary/aromatic N) is 1. The summed E-state index contributed by atoms with van der Waals surface area (Å²) in [5.41, 5.74) is 0.0225. The van der Waals surface area contributed by atoms with E-state index in [2.05, 4.69) is 5.32 Å². The molecule has 0 saturated heterocycles. The van der Waals surface area contributed by atoms with Gasteiger partial charge in [-0.25, -0.2) is 4.79 Å². The van der Waals surface area contributed by atoms with Crippen LogP contribution < -0.4 is 10.1 Å². The van der Waals surface area contributed by atoms with Crippen LogP contribution in [0.1, 0.15) is 26.3 Å². The van der Waals surface area contributed by atoms with E-state index in [1.807, 2.05) is 31.2 Å². The minimum atomic E-state index is -0.907. The summed E-state index contributed by atoms with van der Waals surface area (Å²) in [4.78, 5) is 13.4. The van der Waals surface area contributed by atoms with Crippen molar-refractivity contribution < 1.29 is 14.6 Å². The van der Waals surface area contributed by atoms with Gasteiger partial charge >= 0.3 is 6.03 Å². The first-order valence-electron chi connectivity index (χ1n) is 6.75. The topological polar surface area (TPSA) is 61.8 Å². The molecule has 20 heavy (non-hydrogen) atoms. The molecule has 0 fully saturated rings. The summed E-state index contributed by atoms with van der Waals surface area (Å²) in [5.74, 6) is 0.778. The molecule has 1 aromatic carbocycles. The SMILES string of the molecule is CCOc1ccccc1CNC(=O)N(C)CC(C)(C)O. The minimum absolute atomic E-state index is 0.224. The van der Waals surface area contributed by atoms with Crippen molar-refractivity contribution in [1.82, 2.24) is 10.2 Å². The van der Waals surface area contributed by atoms with Gasteiger partial charge in [-0.1, -0.05) is 18.2 Å². The van der Waals surface area contributed by atoms with Crippen LogP contribution >= 0.6 is 0 Å². The Hall–Kier alpha value is -1.75. The van der Waals surface area contributed by atoms with Gasteiger partial charge in [0.15, 0.2) is 0 Å². The molecule has 0 saturated carbocycles. The molecule has 1 aromatic rings. The number of carbonyl (C=O) groups is 1. The molecule has 2 amide bonds. The molecular formula is C15H24N2O3. The summed E-state index contributed by atoms with van der Waals surface area (Å²) in [6.07, 6.45) is 0. The van der Waals surface area contributed by atoms with Crippen LogP contribution in [0.4, 0.5) is 4.79 Å². The number of benzene rings is 1. The van der Waals surface area contributed by atoms with Crippen molar-refractivity contribution in [2.45, 2.75) is 32.9 Å². The fourth-order valence-electron chi connectivity index (χ4n) is 1.90. The van der Waals surface area contributed by atoms with E-state index in [1.54, 1.807) is 20.9 Å². The second-order valence-electron chi connectivity index (χ2n) is 5.37. The number of carbonyl (C=O) groups excluding carboxylic acids is 1. The first-order chi connectivity index (χ1) is 9.33. The monoisotopic (exact) mass is 280 g/mol. The van der Waals surface area contributed by atoms with Gasteiger partial charge in [-0.05, 0) is 26.8 Å². The zero-order valence-corrected chi connectivity index (χ0v) is 12.6. The van der Waals surface area contributed by atoms with Gasteiger partial charge in [0.25, 0.3) is 0 Å². The number of urea groups is 1. The Morgan fingerprint density at radius 1 is 1.40 bits per heavy atom. The Labute approximate surface area is 120 Å². The predicted molar refractivity (Wildman–Crippen MR) is 78.8 cm³/mol. The van der Waals surface area contributed by atoms with Crippen molar-refractivity contribution >= 4 is 6.03 Å². The van der Waals surface area contributed by atoms with Gasteiger partial charge in [0.1, 0.15) is 5.75 Å². The molecule has 0 spiro atoms. The third-order valence-electron chi connectivity index (χ3n) is 2.67. The minimum Gasteiger partial charge on any atom is -0.494 e. The number of aliphatic hydroxyl groups is 1. The molecule has 112 valence electrons. The maximum absolute atomic E-state index is 11.9. The van der Waals surface area contributed by atoms with E-state index in [1.165, 1.54) is 4.90 Å². The summed E-state index contributed by atoms with van der Waals surface area (Å²) in [5, 5.41) is 12.5. The number of likely N-dealkylation sites (N-methyl/N-ethyl adjacent to an activating group) is 1. The molecule has 0 bridgehead atoms. The second-order valence-corrected chi connectivity index (χ2v) is 5.37. The van der Waals surface area contributed by atoms with Crippen LogP contribution in [0.5, 0.6) is 5.75 Å². The summed E-state index contributed by atoms with van der Waals surface area (Å²) in [6, 6.07) is 7.38. The highest BCUT2D eigenvalue weighted by molar-refractivity contribution is 5.74. The number of hydrogen-bond acceptors (Lipinski definition) is 3. The van der Waals surface area contributed by atoms with Gasteiger partial charge in [0.05, 0.1) is 18.8 Å². The highest BCUT2D eigenvalue weighted by atomic mass is 16.5. The van der Waals surface area contributed by atoms with Crippen molar-refractivity contribution in [3.05, 3.63) is 29.8 Å². The zero-order chi connectivity index (χ0) is 15.2. The van der Waals surface area contributed by atoms with Crippen molar-refractivity contribution in [2.75, 3.05) is 20.2 Å². The number of amides is 2. The first-order valence-corrected chi connectivity index (χ1v) is 6.75. The van der Waals surface area contributed by atoms with Crippen molar-refractivity contribution in [3.8, 4) is 5.75 Å². The molecule has 0 aliphatic carbocycles. The van der Waals surface area contributed by atoms with Crippen LogP contribution in [0.15, 0.2) is 24.3 Å². The van der Waals surface area contributed by atoms with Crippen molar-refractivity contribution in [3.63, 3.8) is 0 Å². The number of hydrogen-bond donors (Lipinski definition) is 2. The van der Waals surface area contributed by atoms with Crippen LogP contribution in [0, 0.1) is 0 Å². The Morgan fingerprint density at radius 3 is 2.65 bits per heavy atom. The summed E-state index contributed by atoms with van der Waals surface area (Å²) >= 11 is 0. The predicted octanol–water partition coefficient (Wildman–Crippen LogP) is 2.00. The smallest absolute Gasteiger partial charge is 0.317 e. The average molecular weight is 280 g/mol. The molecule has 1 rings (SSSR count). The van der Waals surface area contributed by atoms with Gasteiger partial charge in [0.2, 0.25) is 0 Å². The lowest BCUT2D eigenvalue weighted by molar-refractivity contribution is 0.0531. The fourth-order valence-corrected chi connectivity index (χ4v) is 1.90. The highest BCUT2D eigenvalue weighted by Crippen LogP contribution is 2.17. The normalized spacial score (nSPS) is 11.1. The lowest BCUT2D eigenvalue weighted by Crippen LogP contribution is -2.44. The molecule has 5 nitrogen and oxygen atoms in total. The lowest BCUT2D eigenvalue weighted by atomic mass is 10.1. The van der Waals surface area contributed by atoms with Crippen LogP contribution in [-0.2, 0) is 6.54 Å². The average Bonchev–Trinajstić information content (AvgIpc) is 2.35. The molecule has 0 radical (unpaired) electrons. The van der Waals surface area contributed by atoms with E-state index in [0.29, 0.717) is 13.2 Å². The number of para-hydroxylation sites is 1. The van der Waals surface area contributed by atoms with Crippen molar-refractivity contribution in [1.29, 1.82) is 0 Å². The molecule has 0 aliphatic rings. The fraction of sp³-hybridized carbons (Fsp3) is 0.533. The Kier molecular flexibility index (Phi) is 5.82. The van der Waals surface area contributed by atoms with E-state index in [9.17, 15) is 9.90 Å². The molecule has 5 heteroatoms. The largest absolute Gasteiger partial charge is 0.494 e. The second kappa shape index (κ2) is 7.14. The number of nitrogens with one attached hydrogen (secondary N) is 1. The third kappa shape index (κ3) is 5.48. The van der Waals surface area contributed by atoms with Gasteiger partial charge in [-0.2, -0.15) is 0 Å². The maximum atomic E-state index is 11.9. The van der Waals surface area contributed by atoms with Crippen LogP contribution in [-0.4, -0.2) is 41.8 Å². The van der Waals surface area contributed by atoms with Gasteiger partial charge in [-0.15, -0.1) is 0 Å². The summed E-state index contributed by atoms with van der Waals surface area (Å²) in [7, 11) is 1.65. The number of rotatable bonds is 6. The van der Waals surface area contributed by atoms with E-state index in [-0.39, 0.29) is 12.6 Å². The van der Waals surface area contributed by atoms with Crippen molar-refractivity contribution in [2.24, 2.45) is 0 Å². The Balaban J connectivity index is 2.56. The molecule has 0 heterocycles. The summed E-state index contributed by atoms with van der Waals surface area (Å²) in [6.45, 7) is 6.51. The van der Waals surface area contributed by atoms with Crippen LogP contribution in [0.2, 0.25) is 0 Å². The Morgan fingerprint density at radius 2 is 2.05 bits per heavy atom. The number of ether oxygens (including phenoxy) is 1. The highest BCUT2D eigenvalue weighted by Gasteiger charge is 2.19. The van der Waals surface area contributed by atoms with E-state index >= 15 is 0 Å². The zero-order valence-electron chi connectivity index (χ0n) is 12.6. The molecule has 0 atom stereocenters. The molecule has 0 unspecified atom stereocenters. The molecule has 0 aliphatic heterocycles. The maximum Gasteiger partial charge on any atom is 0.317 e. The molecule has 2 N–H and O–H groups in total. The van der Waals surface area contributed by atoms with Crippen LogP contribution in [0.25, 0.3) is 0 Å². The standard InChI is InChI=1S/C15H24N2O3/c1-5-20-13-9-7-6-8-12(13)10-16-14(18)17(4)11-15(2,3)19/h6-9,19H,5,10-11H2,1-4H3,(H,16,18). The third-order valence-corrected chi connectivity index (χ3v) is 2.67. The van der Waals surface area contributed by atoms with E-state index in [4.69, 9.17) is 4.74 Å². The quantitative estimate of drug-likeness (QED) is 0.838.